The number of aliphatic hydroxyl groups is 1. The highest BCUT2D eigenvalue weighted by atomic mass is 19.1. The summed E-state index contributed by atoms with van der Waals surface area (Å²) >= 11 is 0. The van der Waals surface area contributed by atoms with Gasteiger partial charge in [-0.1, -0.05) is 25.5 Å². The Morgan fingerprint density at radius 1 is 1.53 bits per heavy atom. The molecule has 1 aromatic carbocycles. The third-order valence-corrected chi connectivity index (χ3v) is 2.56. The lowest BCUT2D eigenvalue weighted by Gasteiger charge is -2.11. The van der Waals surface area contributed by atoms with Gasteiger partial charge in [0, 0.05) is 6.54 Å². The zero-order valence-electron chi connectivity index (χ0n) is 10.2. The molecule has 1 amide bonds. The average molecular weight is 239 g/mol. The maximum atomic E-state index is 13.6. The standard InChI is InChI=1S/C13H18FNO2/c1-3-5-10(16)8-15-13(17)11-7-4-6-9(2)12(11)14/h4,6-7,10,16H,3,5,8H2,1-2H3,(H,15,17). The molecule has 0 radical (unpaired) electrons. The molecular formula is C13H18FNO2. The van der Waals surface area contributed by atoms with Gasteiger partial charge < -0.3 is 10.4 Å². The van der Waals surface area contributed by atoms with Crippen LogP contribution in [0.15, 0.2) is 18.2 Å². The van der Waals surface area contributed by atoms with Gasteiger partial charge in [0.25, 0.3) is 5.91 Å². The van der Waals surface area contributed by atoms with E-state index in [0.717, 1.165) is 6.42 Å². The SMILES string of the molecule is CCCC(O)CNC(=O)c1cccc(C)c1F. The Morgan fingerprint density at radius 2 is 2.24 bits per heavy atom. The molecule has 3 nitrogen and oxygen atoms in total. The van der Waals surface area contributed by atoms with Crippen molar-refractivity contribution in [2.45, 2.75) is 32.8 Å². The molecule has 0 spiro atoms. The van der Waals surface area contributed by atoms with E-state index in [1.165, 1.54) is 6.07 Å². The number of amides is 1. The Kier molecular flexibility index (Phi) is 5.10. The number of hydrogen-bond donors (Lipinski definition) is 2. The zero-order chi connectivity index (χ0) is 12.8. The lowest BCUT2D eigenvalue weighted by Crippen LogP contribution is -2.32. The molecule has 0 saturated heterocycles. The number of rotatable bonds is 5. The first-order valence-corrected chi connectivity index (χ1v) is 5.77. The fraction of sp³-hybridized carbons (Fsp3) is 0.462. The highest BCUT2D eigenvalue weighted by Crippen LogP contribution is 2.11. The minimum absolute atomic E-state index is 0.0219. The van der Waals surface area contributed by atoms with Crippen LogP contribution in [0.5, 0.6) is 0 Å². The molecule has 17 heavy (non-hydrogen) atoms. The van der Waals surface area contributed by atoms with Gasteiger partial charge in [-0.15, -0.1) is 0 Å². The second-order valence-corrected chi connectivity index (χ2v) is 4.09. The number of aryl methyl sites for hydroxylation is 1. The van der Waals surface area contributed by atoms with Crippen LogP contribution in [0.3, 0.4) is 0 Å². The normalized spacial score (nSPS) is 12.2. The highest BCUT2D eigenvalue weighted by molar-refractivity contribution is 5.94. The fourth-order valence-electron chi connectivity index (χ4n) is 1.56. The van der Waals surface area contributed by atoms with Crippen molar-refractivity contribution < 1.29 is 14.3 Å². The Morgan fingerprint density at radius 3 is 2.88 bits per heavy atom. The molecule has 1 atom stereocenters. The van der Waals surface area contributed by atoms with Crippen LogP contribution in [0.4, 0.5) is 4.39 Å². The zero-order valence-corrected chi connectivity index (χ0v) is 10.2. The molecule has 4 heteroatoms. The van der Waals surface area contributed by atoms with E-state index in [4.69, 9.17) is 0 Å². The lowest BCUT2D eigenvalue weighted by molar-refractivity contribution is 0.0906. The van der Waals surface area contributed by atoms with E-state index in [-0.39, 0.29) is 12.1 Å². The smallest absolute Gasteiger partial charge is 0.254 e. The van der Waals surface area contributed by atoms with Crippen LogP contribution in [0.2, 0.25) is 0 Å². The maximum absolute atomic E-state index is 13.6. The van der Waals surface area contributed by atoms with Crippen LogP contribution >= 0.6 is 0 Å². The quantitative estimate of drug-likeness (QED) is 0.826. The molecule has 0 aliphatic rings. The summed E-state index contributed by atoms with van der Waals surface area (Å²) in [5, 5.41) is 12.0. The van der Waals surface area contributed by atoms with E-state index in [2.05, 4.69) is 5.32 Å². The first-order valence-electron chi connectivity index (χ1n) is 5.77. The topological polar surface area (TPSA) is 49.3 Å². The van der Waals surface area contributed by atoms with Crippen molar-refractivity contribution in [1.29, 1.82) is 0 Å². The number of nitrogens with one attached hydrogen (secondary N) is 1. The van der Waals surface area contributed by atoms with Gasteiger partial charge in [-0.2, -0.15) is 0 Å². The van der Waals surface area contributed by atoms with Crippen LogP contribution in [-0.4, -0.2) is 23.7 Å². The number of benzene rings is 1. The van der Waals surface area contributed by atoms with Gasteiger partial charge in [0.05, 0.1) is 11.7 Å². The van der Waals surface area contributed by atoms with E-state index in [0.29, 0.717) is 12.0 Å². The fourth-order valence-corrected chi connectivity index (χ4v) is 1.56. The van der Waals surface area contributed by atoms with Crippen molar-refractivity contribution in [3.8, 4) is 0 Å². The molecule has 0 aliphatic carbocycles. The van der Waals surface area contributed by atoms with Crippen molar-refractivity contribution in [3.63, 3.8) is 0 Å². The van der Waals surface area contributed by atoms with Gasteiger partial charge >= 0.3 is 0 Å². The van der Waals surface area contributed by atoms with E-state index in [9.17, 15) is 14.3 Å². The average Bonchev–Trinajstić information content (AvgIpc) is 2.30. The third kappa shape index (κ3) is 3.82. The molecule has 1 rings (SSSR count). The molecule has 2 N–H and O–H groups in total. The predicted molar refractivity (Wildman–Crippen MR) is 64.4 cm³/mol. The molecule has 94 valence electrons. The summed E-state index contributed by atoms with van der Waals surface area (Å²) in [5.74, 6) is -0.990. The predicted octanol–water partition coefficient (Wildman–Crippen LogP) is 2.02. The van der Waals surface area contributed by atoms with Gasteiger partial charge in [-0.3, -0.25) is 4.79 Å². The summed E-state index contributed by atoms with van der Waals surface area (Å²) in [6, 6.07) is 4.68. The molecule has 0 heterocycles. The summed E-state index contributed by atoms with van der Waals surface area (Å²) in [6.07, 6.45) is 0.892. The molecule has 0 bridgehead atoms. The van der Waals surface area contributed by atoms with Gasteiger partial charge in [0.15, 0.2) is 0 Å². The molecule has 0 fully saturated rings. The summed E-state index contributed by atoms with van der Waals surface area (Å²) in [7, 11) is 0. The molecule has 1 unspecified atom stereocenters. The Hall–Kier alpha value is -1.42. The van der Waals surface area contributed by atoms with E-state index < -0.39 is 17.8 Å². The summed E-state index contributed by atoms with van der Waals surface area (Å²) in [4.78, 5) is 11.7. The molecule has 0 aliphatic heterocycles. The van der Waals surface area contributed by atoms with E-state index in [1.54, 1.807) is 19.1 Å². The summed E-state index contributed by atoms with van der Waals surface area (Å²) in [5.41, 5.74) is 0.459. The summed E-state index contributed by atoms with van der Waals surface area (Å²) < 4.78 is 13.6. The monoisotopic (exact) mass is 239 g/mol. The van der Waals surface area contributed by atoms with Crippen LogP contribution in [0.25, 0.3) is 0 Å². The van der Waals surface area contributed by atoms with Gasteiger partial charge in [-0.05, 0) is 25.0 Å². The van der Waals surface area contributed by atoms with Crippen LogP contribution < -0.4 is 5.32 Å². The van der Waals surface area contributed by atoms with Crippen molar-refractivity contribution in [3.05, 3.63) is 35.1 Å². The Balaban J connectivity index is 2.61. The third-order valence-electron chi connectivity index (χ3n) is 2.56. The first kappa shape index (κ1) is 13.6. The second-order valence-electron chi connectivity index (χ2n) is 4.09. The molecule has 0 aromatic heterocycles. The first-order chi connectivity index (χ1) is 8.06. The van der Waals surface area contributed by atoms with Crippen LogP contribution in [0.1, 0.15) is 35.7 Å². The van der Waals surface area contributed by atoms with Gasteiger partial charge in [-0.25, -0.2) is 4.39 Å². The van der Waals surface area contributed by atoms with Crippen molar-refractivity contribution in [2.24, 2.45) is 0 Å². The molecule has 0 saturated carbocycles. The van der Waals surface area contributed by atoms with Crippen molar-refractivity contribution in [1.82, 2.24) is 5.32 Å². The van der Waals surface area contributed by atoms with Gasteiger partial charge in [0.2, 0.25) is 0 Å². The number of carbonyl (C=O) groups excluding carboxylic acids is 1. The largest absolute Gasteiger partial charge is 0.391 e. The minimum Gasteiger partial charge on any atom is -0.391 e. The lowest BCUT2D eigenvalue weighted by atomic mass is 10.1. The number of aliphatic hydroxyl groups excluding tert-OH is 1. The van der Waals surface area contributed by atoms with Crippen LogP contribution in [0, 0.1) is 12.7 Å². The Bertz CT molecular complexity index is 393. The van der Waals surface area contributed by atoms with Crippen molar-refractivity contribution >= 4 is 5.91 Å². The maximum Gasteiger partial charge on any atom is 0.254 e. The Labute approximate surface area is 101 Å². The number of halogens is 1. The molecular weight excluding hydrogens is 221 g/mol. The minimum atomic E-state index is -0.572. The molecule has 1 aromatic rings. The van der Waals surface area contributed by atoms with Crippen LogP contribution in [-0.2, 0) is 0 Å². The highest BCUT2D eigenvalue weighted by Gasteiger charge is 2.13. The van der Waals surface area contributed by atoms with Crippen molar-refractivity contribution in [2.75, 3.05) is 6.54 Å². The van der Waals surface area contributed by atoms with Gasteiger partial charge in [0.1, 0.15) is 5.82 Å². The number of carbonyl (C=O) groups is 1. The van der Waals surface area contributed by atoms with E-state index >= 15 is 0 Å². The second kappa shape index (κ2) is 6.35. The summed E-state index contributed by atoms with van der Waals surface area (Å²) in [6.45, 7) is 3.71. The van der Waals surface area contributed by atoms with E-state index in [1.807, 2.05) is 6.92 Å². The number of hydrogen-bond acceptors (Lipinski definition) is 2.